The molecular weight excluding hydrogens is 486 g/mol. The van der Waals surface area contributed by atoms with Gasteiger partial charge in [0.05, 0.1) is 13.0 Å². The summed E-state index contributed by atoms with van der Waals surface area (Å²) >= 11 is 0. The Bertz CT molecular complexity index is 574. The Morgan fingerprint density at radius 2 is 1.29 bits per heavy atom. The summed E-state index contributed by atoms with van der Waals surface area (Å²) in [6.45, 7) is 11.6. The Balaban J connectivity index is 0. The van der Waals surface area contributed by atoms with E-state index in [9.17, 15) is 14.4 Å². The summed E-state index contributed by atoms with van der Waals surface area (Å²) in [5.74, 6) is 0.905. The minimum absolute atomic E-state index is 0. The van der Waals surface area contributed by atoms with Crippen LogP contribution in [0.25, 0.3) is 0 Å². The second-order valence-electron chi connectivity index (χ2n) is 8.16. The highest BCUT2D eigenvalue weighted by atomic mass is 33.1. The molecule has 0 radical (unpaired) electrons. The third-order valence-corrected chi connectivity index (χ3v) is 7.10. The number of hydrogen-bond acceptors (Lipinski definition) is 8. The van der Waals surface area contributed by atoms with Gasteiger partial charge in [-0.3, -0.25) is 9.59 Å². The normalized spacial score (nSPS) is 10.3. The van der Waals surface area contributed by atoms with E-state index in [1.165, 1.54) is 25.7 Å². The number of rotatable bonds is 22. The van der Waals surface area contributed by atoms with Crippen LogP contribution in [-0.4, -0.2) is 67.3 Å². The number of nitrogens with zero attached hydrogens (tertiary/aromatic N) is 1. The van der Waals surface area contributed by atoms with Crippen molar-refractivity contribution < 1.29 is 28.6 Å². The van der Waals surface area contributed by atoms with Gasteiger partial charge in [-0.2, -0.15) is 0 Å². The van der Waals surface area contributed by atoms with Gasteiger partial charge in [-0.15, -0.1) is 6.58 Å². The first-order valence-electron chi connectivity index (χ1n) is 12.5. The summed E-state index contributed by atoms with van der Waals surface area (Å²) in [5, 5.41) is 0. The van der Waals surface area contributed by atoms with Gasteiger partial charge in [-0.05, 0) is 19.8 Å². The van der Waals surface area contributed by atoms with Gasteiger partial charge in [0.25, 0.3) is 0 Å². The number of esters is 2. The summed E-state index contributed by atoms with van der Waals surface area (Å²) in [4.78, 5) is 37.3. The van der Waals surface area contributed by atoms with Gasteiger partial charge in [0, 0.05) is 37.4 Å². The fourth-order valence-corrected chi connectivity index (χ4v) is 4.54. The second kappa shape index (κ2) is 25.7. The van der Waals surface area contributed by atoms with Crippen LogP contribution in [0, 0.1) is 0 Å². The lowest BCUT2D eigenvalue weighted by Gasteiger charge is -2.21. The van der Waals surface area contributed by atoms with Crippen LogP contribution in [0.15, 0.2) is 12.2 Å². The number of carbonyl (C=O) groups is 3. The van der Waals surface area contributed by atoms with Crippen molar-refractivity contribution in [2.45, 2.75) is 92.4 Å². The van der Waals surface area contributed by atoms with Crippen LogP contribution in [0.5, 0.6) is 0 Å². The first-order valence-corrected chi connectivity index (χ1v) is 15.0. The van der Waals surface area contributed by atoms with Crippen molar-refractivity contribution in [3.8, 4) is 0 Å². The van der Waals surface area contributed by atoms with Crippen molar-refractivity contribution in [2.24, 2.45) is 0 Å². The molecule has 0 aromatic rings. The molecule has 0 aliphatic rings. The summed E-state index contributed by atoms with van der Waals surface area (Å²) < 4.78 is 15.7. The number of amides is 1. The minimum Gasteiger partial charge on any atom is -0.465 e. The molecule has 0 aliphatic heterocycles. The lowest BCUT2D eigenvalue weighted by atomic mass is 10.1. The standard InChI is InChI=1S/C25H45NO6S2.CH4/c1-5-7-8-9-10-11-12-23(27)31-18-20-33-34-21-19-32-25(29)26(15-6-2)16-13-24(28)30-17-14-22(3)4;/h3,5-21H2,1-2,4H3;1H4. The molecule has 0 aromatic carbocycles. The zero-order valence-electron chi connectivity index (χ0n) is 21.4. The molecule has 7 nitrogen and oxygen atoms in total. The number of unbranched alkanes of at least 4 members (excludes halogenated alkanes) is 5. The molecule has 0 N–H and O–H groups in total. The van der Waals surface area contributed by atoms with Crippen LogP contribution in [0.4, 0.5) is 4.79 Å². The van der Waals surface area contributed by atoms with Crippen molar-refractivity contribution in [3.63, 3.8) is 0 Å². The molecule has 0 heterocycles. The lowest BCUT2D eigenvalue weighted by molar-refractivity contribution is -0.144. The molecule has 0 bridgehead atoms. The Labute approximate surface area is 221 Å². The summed E-state index contributed by atoms with van der Waals surface area (Å²) in [6.07, 6.45) is 8.58. The Morgan fingerprint density at radius 1 is 0.714 bits per heavy atom. The molecule has 9 heteroatoms. The van der Waals surface area contributed by atoms with E-state index in [1.807, 2.05) is 13.8 Å². The average molecular weight is 536 g/mol. The highest BCUT2D eigenvalue weighted by molar-refractivity contribution is 8.76. The third kappa shape index (κ3) is 24.1. The maximum Gasteiger partial charge on any atom is 0.409 e. The molecule has 0 saturated carbocycles. The van der Waals surface area contributed by atoms with Crippen molar-refractivity contribution in [1.82, 2.24) is 4.90 Å². The van der Waals surface area contributed by atoms with Crippen molar-refractivity contribution in [3.05, 3.63) is 12.2 Å². The van der Waals surface area contributed by atoms with Crippen molar-refractivity contribution in [2.75, 3.05) is 44.4 Å². The SMILES string of the molecule is C.C=C(C)CCOC(=O)CCN(CCC)C(=O)OCCSSCCOC(=O)CCCCCCCC. The number of hydrogen-bond donors (Lipinski definition) is 0. The molecule has 0 unspecified atom stereocenters. The molecule has 35 heavy (non-hydrogen) atoms. The maximum absolute atomic E-state index is 12.3. The lowest BCUT2D eigenvalue weighted by Crippen LogP contribution is -2.34. The molecule has 0 aliphatic carbocycles. The van der Waals surface area contributed by atoms with Crippen molar-refractivity contribution in [1.29, 1.82) is 0 Å². The van der Waals surface area contributed by atoms with E-state index in [-0.39, 0.29) is 38.9 Å². The molecule has 0 rings (SSSR count). The molecule has 206 valence electrons. The Kier molecular flexibility index (Phi) is 26.3. The van der Waals surface area contributed by atoms with Crippen LogP contribution >= 0.6 is 21.6 Å². The number of ether oxygens (including phenoxy) is 3. The van der Waals surface area contributed by atoms with Crippen LogP contribution in [0.3, 0.4) is 0 Å². The van der Waals surface area contributed by atoms with E-state index in [0.717, 1.165) is 24.8 Å². The number of carbonyl (C=O) groups excluding carboxylic acids is 3. The Hall–Kier alpha value is -1.35. The van der Waals surface area contributed by atoms with E-state index in [4.69, 9.17) is 14.2 Å². The van der Waals surface area contributed by atoms with Gasteiger partial charge in [-0.1, -0.05) is 80.5 Å². The molecule has 1 amide bonds. The van der Waals surface area contributed by atoms with Gasteiger partial charge in [0.1, 0.15) is 13.2 Å². The Morgan fingerprint density at radius 3 is 1.91 bits per heavy atom. The highest BCUT2D eigenvalue weighted by Gasteiger charge is 2.16. The third-order valence-electron chi connectivity index (χ3n) is 4.77. The monoisotopic (exact) mass is 535 g/mol. The quantitative estimate of drug-likeness (QED) is 0.0480. The zero-order chi connectivity index (χ0) is 25.4. The van der Waals surface area contributed by atoms with Crippen LogP contribution < -0.4 is 0 Å². The van der Waals surface area contributed by atoms with Crippen molar-refractivity contribution >= 4 is 39.6 Å². The molecular formula is C26H49NO6S2. The first-order chi connectivity index (χ1) is 16.4. The van der Waals surface area contributed by atoms with Gasteiger partial charge in [0.2, 0.25) is 0 Å². The minimum atomic E-state index is -0.411. The molecule has 0 fully saturated rings. The molecule has 0 atom stereocenters. The average Bonchev–Trinajstić information content (AvgIpc) is 2.80. The maximum atomic E-state index is 12.3. The van der Waals surface area contributed by atoms with Crippen LogP contribution in [0.2, 0.25) is 0 Å². The molecule has 0 spiro atoms. The predicted molar refractivity (Wildman–Crippen MR) is 149 cm³/mol. The first kappa shape index (κ1) is 35.8. The van der Waals surface area contributed by atoms with Gasteiger partial charge in [-0.25, -0.2) is 4.79 Å². The van der Waals surface area contributed by atoms with E-state index in [2.05, 4.69) is 13.5 Å². The van der Waals surface area contributed by atoms with E-state index in [1.54, 1.807) is 26.5 Å². The fraction of sp³-hybridized carbons (Fsp3) is 0.808. The largest absolute Gasteiger partial charge is 0.465 e. The highest BCUT2D eigenvalue weighted by Crippen LogP contribution is 2.20. The van der Waals surface area contributed by atoms with Gasteiger partial charge < -0.3 is 19.1 Å². The summed E-state index contributed by atoms with van der Waals surface area (Å²) in [7, 11) is 3.17. The smallest absolute Gasteiger partial charge is 0.409 e. The van der Waals surface area contributed by atoms with E-state index >= 15 is 0 Å². The second-order valence-corrected chi connectivity index (χ2v) is 10.9. The summed E-state index contributed by atoms with van der Waals surface area (Å²) in [6, 6.07) is 0. The van der Waals surface area contributed by atoms with E-state index < -0.39 is 6.09 Å². The summed E-state index contributed by atoms with van der Waals surface area (Å²) in [5.41, 5.74) is 0.963. The molecule has 0 saturated heterocycles. The molecule has 0 aromatic heterocycles. The van der Waals surface area contributed by atoms with Gasteiger partial charge >= 0.3 is 18.0 Å². The zero-order valence-corrected chi connectivity index (χ0v) is 23.1. The van der Waals surface area contributed by atoms with Crippen LogP contribution in [-0.2, 0) is 23.8 Å². The van der Waals surface area contributed by atoms with E-state index in [0.29, 0.717) is 44.1 Å². The van der Waals surface area contributed by atoms with Gasteiger partial charge in [0.15, 0.2) is 0 Å². The van der Waals surface area contributed by atoms with Crippen LogP contribution in [0.1, 0.15) is 92.4 Å². The predicted octanol–water partition coefficient (Wildman–Crippen LogP) is 7.05. The topological polar surface area (TPSA) is 82.1 Å². The fourth-order valence-electron chi connectivity index (χ4n) is 2.89.